The van der Waals surface area contributed by atoms with Crippen LogP contribution in [0.1, 0.15) is 32.8 Å². The average molecular weight is 278 g/mol. The largest absolute Gasteiger partial charge is 0.383 e. The zero-order valence-corrected chi connectivity index (χ0v) is 13.4. The maximum Gasteiger partial charge on any atom is 0.0637 e. The summed E-state index contributed by atoms with van der Waals surface area (Å²) in [6, 6.07) is 8.85. The summed E-state index contributed by atoms with van der Waals surface area (Å²) in [5.74, 6) is 0.625. The van der Waals surface area contributed by atoms with Gasteiger partial charge in [-0.05, 0) is 30.4 Å². The molecule has 0 aliphatic heterocycles. The molecule has 0 fully saturated rings. The second-order valence-electron chi connectivity index (χ2n) is 5.83. The van der Waals surface area contributed by atoms with Gasteiger partial charge in [0.1, 0.15) is 0 Å². The fourth-order valence-electron chi connectivity index (χ4n) is 2.37. The predicted octanol–water partition coefficient (Wildman–Crippen LogP) is 3.08. The van der Waals surface area contributed by atoms with Crippen LogP contribution < -0.4 is 10.6 Å². The first-order valence-electron chi connectivity index (χ1n) is 7.65. The van der Waals surface area contributed by atoms with E-state index in [2.05, 4.69) is 49.9 Å². The molecule has 114 valence electrons. The first-order chi connectivity index (χ1) is 9.58. The molecule has 0 heterocycles. The number of anilines is 1. The van der Waals surface area contributed by atoms with Gasteiger partial charge in [-0.25, -0.2) is 0 Å². The van der Waals surface area contributed by atoms with Gasteiger partial charge in [-0.2, -0.15) is 0 Å². The number of nitrogens with two attached hydrogens (primary N) is 1. The maximum atomic E-state index is 6.13. The van der Waals surface area contributed by atoms with Crippen LogP contribution in [-0.2, 0) is 11.2 Å². The third kappa shape index (κ3) is 5.51. The summed E-state index contributed by atoms with van der Waals surface area (Å²) in [5, 5.41) is 0. The van der Waals surface area contributed by atoms with E-state index in [-0.39, 0.29) is 6.04 Å². The number of nitrogens with zero attached hydrogens (tertiary/aromatic N) is 1. The van der Waals surface area contributed by atoms with Gasteiger partial charge in [0, 0.05) is 31.9 Å². The van der Waals surface area contributed by atoms with Crippen LogP contribution >= 0.6 is 0 Å². The molecule has 1 unspecified atom stereocenters. The molecule has 0 aliphatic rings. The van der Waals surface area contributed by atoms with Crippen molar-refractivity contribution >= 4 is 5.69 Å². The molecule has 1 rings (SSSR count). The van der Waals surface area contributed by atoms with Crippen molar-refractivity contribution in [1.82, 2.24) is 0 Å². The molecule has 0 saturated heterocycles. The van der Waals surface area contributed by atoms with Crippen LogP contribution in [0.25, 0.3) is 0 Å². The lowest BCUT2D eigenvalue weighted by atomic mass is 10.0. The predicted molar refractivity (Wildman–Crippen MR) is 87.3 cm³/mol. The van der Waals surface area contributed by atoms with E-state index in [0.29, 0.717) is 5.92 Å². The van der Waals surface area contributed by atoms with Gasteiger partial charge < -0.3 is 15.4 Å². The van der Waals surface area contributed by atoms with Crippen LogP contribution in [0.5, 0.6) is 0 Å². The smallest absolute Gasteiger partial charge is 0.0637 e. The summed E-state index contributed by atoms with van der Waals surface area (Å²) >= 11 is 0. The Balaban J connectivity index is 2.92. The quantitative estimate of drug-likeness (QED) is 0.754. The molecule has 0 amide bonds. The van der Waals surface area contributed by atoms with Crippen molar-refractivity contribution in [3.8, 4) is 0 Å². The van der Waals surface area contributed by atoms with Gasteiger partial charge in [-0.3, -0.25) is 0 Å². The number of ether oxygens (including phenoxy) is 1. The van der Waals surface area contributed by atoms with Crippen molar-refractivity contribution in [1.29, 1.82) is 0 Å². The van der Waals surface area contributed by atoms with Crippen molar-refractivity contribution < 1.29 is 4.74 Å². The van der Waals surface area contributed by atoms with Gasteiger partial charge in [0.05, 0.1) is 6.61 Å². The second-order valence-corrected chi connectivity index (χ2v) is 5.83. The summed E-state index contributed by atoms with van der Waals surface area (Å²) in [7, 11) is 1.76. The van der Waals surface area contributed by atoms with Gasteiger partial charge in [0.15, 0.2) is 0 Å². The highest BCUT2D eigenvalue weighted by Gasteiger charge is 2.13. The molecule has 1 atom stereocenters. The minimum Gasteiger partial charge on any atom is -0.383 e. The number of rotatable bonds is 9. The normalized spacial score (nSPS) is 12.7. The van der Waals surface area contributed by atoms with E-state index in [4.69, 9.17) is 10.5 Å². The minimum atomic E-state index is 0.236. The SMILES string of the molecule is CCC(N)Cc1ccccc1N(CCOC)CC(C)C. The lowest BCUT2D eigenvalue weighted by Crippen LogP contribution is -2.32. The summed E-state index contributed by atoms with van der Waals surface area (Å²) < 4.78 is 5.25. The topological polar surface area (TPSA) is 38.5 Å². The summed E-state index contributed by atoms with van der Waals surface area (Å²) in [4.78, 5) is 2.42. The molecule has 3 nitrogen and oxygen atoms in total. The molecule has 2 N–H and O–H groups in total. The molecule has 3 heteroatoms. The molecule has 1 aromatic carbocycles. The van der Waals surface area contributed by atoms with Crippen LogP contribution in [0.2, 0.25) is 0 Å². The number of methoxy groups -OCH3 is 1. The lowest BCUT2D eigenvalue weighted by molar-refractivity contribution is 0.204. The number of para-hydroxylation sites is 1. The highest BCUT2D eigenvalue weighted by molar-refractivity contribution is 5.54. The first kappa shape index (κ1) is 17.0. The van der Waals surface area contributed by atoms with Crippen LogP contribution in [0, 0.1) is 5.92 Å². The van der Waals surface area contributed by atoms with Gasteiger partial charge in [-0.1, -0.05) is 39.0 Å². The summed E-state index contributed by atoms with van der Waals surface area (Å²) in [6.07, 6.45) is 1.95. The molecule has 20 heavy (non-hydrogen) atoms. The van der Waals surface area contributed by atoms with Crippen molar-refractivity contribution in [2.75, 3.05) is 31.7 Å². The van der Waals surface area contributed by atoms with E-state index in [1.807, 2.05) is 0 Å². The molecule has 0 spiro atoms. The Labute approximate surface area is 124 Å². The molecular weight excluding hydrogens is 248 g/mol. The second kappa shape index (κ2) is 8.98. The Morgan fingerprint density at radius 1 is 1.25 bits per heavy atom. The zero-order valence-electron chi connectivity index (χ0n) is 13.4. The molecule has 0 aromatic heterocycles. The highest BCUT2D eigenvalue weighted by Crippen LogP contribution is 2.23. The van der Waals surface area contributed by atoms with E-state index >= 15 is 0 Å². The molecule has 1 aromatic rings. The van der Waals surface area contributed by atoms with E-state index in [1.54, 1.807) is 7.11 Å². The summed E-state index contributed by atoms with van der Waals surface area (Å²) in [6.45, 7) is 9.36. The highest BCUT2D eigenvalue weighted by atomic mass is 16.5. The lowest BCUT2D eigenvalue weighted by Gasteiger charge is -2.29. The summed E-state index contributed by atoms with van der Waals surface area (Å²) in [5.41, 5.74) is 8.79. The Bertz CT molecular complexity index is 379. The number of hydrogen-bond acceptors (Lipinski definition) is 3. The fourth-order valence-corrected chi connectivity index (χ4v) is 2.37. The first-order valence-corrected chi connectivity index (χ1v) is 7.65. The minimum absolute atomic E-state index is 0.236. The van der Waals surface area contributed by atoms with Gasteiger partial charge in [0.2, 0.25) is 0 Å². The Kier molecular flexibility index (Phi) is 7.63. The van der Waals surface area contributed by atoms with Crippen molar-refractivity contribution in [3.63, 3.8) is 0 Å². The van der Waals surface area contributed by atoms with Crippen molar-refractivity contribution in [3.05, 3.63) is 29.8 Å². The fraction of sp³-hybridized carbons (Fsp3) is 0.647. The van der Waals surface area contributed by atoms with Gasteiger partial charge in [0.25, 0.3) is 0 Å². The van der Waals surface area contributed by atoms with Crippen molar-refractivity contribution in [2.24, 2.45) is 11.7 Å². The van der Waals surface area contributed by atoms with Crippen LogP contribution in [0.3, 0.4) is 0 Å². The van der Waals surface area contributed by atoms with E-state index in [9.17, 15) is 0 Å². The Morgan fingerprint density at radius 3 is 2.55 bits per heavy atom. The molecule has 0 radical (unpaired) electrons. The number of benzene rings is 1. The van der Waals surface area contributed by atoms with Crippen LogP contribution in [0.4, 0.5) is 5.69 Å². The standard InChI is InChI=1S/C17H30N2O/c1-5-16(18)12-15-8-6-7-9-17(15)19(10-11-20-4)13-14(2)3/h6-9,14,16H,5,10-13,18H2,1-4H3. The van der Waals surface area contributed by atoms with Crippen LogP contribution in [-0.4, -0.2) is 32.8 Å². The average Bonchev–Trinajstić information content (AvgIpc) is 2.43. The molecule has 0 saturated carbocycles. The van der Waals surface area contributed by atoms with Crippen molar-refractivity contribution in [2.45, 2.75) is 39.7 Å². The van der Waals surface area contributed by atoms with E-state index < -0.39 is 0 Å². The van der Waals surface area contributed by atoms with Gasteiger partial charge >= 0.3 is 0 Å². The molecule has 0 aliphatic carbocycles. The van der Waals surface area contributed by atoms with Gasteiger partial charge in [-0.15, -0.1) is 0 Å². The van der Waals surface area contributed by atoms with Crippen LogP contribution in [0.15, 0.2) is 24.3 Å². The number of hydrogen-bond donors (Lipinski definition) is 1. The Morgan fingerprint density at radius 2 is 1.95 bits per heavy atom. The Hall–Kier alpha value is -1.06. The molecular formula is C17H30N2O. The maximum absolute atomic E-state index is 6.13. The van der Waals surface area contributed by atoms with E-state index in [1.165, 1.54) is 11.3 Å². The monoisotopic (exact) mass is 278 g/mol. The van der Waals surface area contributed by atoms with E-state index in [0.717, 1.165) is 32.5 Å². The third-order valence-electron chi connectivity index (χ3n) is 3.49. The zero-order chi connectivity index (χ0) is 15.0. The molecule has 0 bridgehead atoms. The third-order valence-corrected chi connectivity index (χ3v) is 3.49.